The third-order valence-electron chi connectivity index (χ3n) is 2.56. The lowest BCUT2D eigenvalue weighted by atomic mass is 10.2. The molecule has 6 heteroatoms. The maximum atomic E-state index is 13.3. The van der Waals surface area contributed by atoms with Gasteiger partial charge < -0.3 is 0 Å². The van der Waals surface area contributed by atoms with Crippen LogP contribution in [0.2, 0.25) is 0 Å². The Morgan fingerprint density at radius 1 is 1.39 bits per heavy atom. The first-order chi connectivity index (χ1) is 8.49. The van der Waals surface area contributed by atoms with E-state index in [-0.39, 0.29) is 12.4 Å². The fourth-order valence-corrected chi connectivity index (χ4v) is 1.98. The zero-order valence-corrected chi connectivity index (χ0v) is 11.1. The van der Waals surface area contributed by atoms with Crippen LogP contribution in [-0.2, 0) is 6.54 Å². The number of halogens is 2. The monoisotopic (exact) mass is 312 g/mol. The van der Waals surface area contributed by atoms with Gasteiger partial charge in [-0.15, -0.1) is 0 Å². The summed E-state index contributed by atoms with van der Waals surface area (Å²) in [7, 11) is 0. The minimum absolute atomic E-state index is 0.189. The van der Waals surface area contributed by atoms with Crippen molar-refractivity contribution < 1.29 is 4.39 Å². The van der Waals surface area contributed by atoms with Gasteiger partial charge in [-0.3, -0.25) is 14.3 Å². The Hall–Kier alpha value is -1.69. The average molecular weight is 313 g/mol. The highest BCUT2D eigenvalue weighted by Crippen LogP contribution is 2.20. The Morgan fingerprint density at radius 2 is 2.11 bits per heavy atom. The molecular weight excluding hydrogens is 303 g/mol. The highest BCUT2D eigenvalue weighted by Gasteiger charge is 2.07. The standard InChI is InChI=1S/C12H10BrFN2O2/c1-7-5-16(12(18)15-11(7)17)6-8-3-2-4-9(14)10(8)13/h2-5H,6H2,1H3,(H,15,17,18). The number of benzene rings is 1. The molecule has 0 radical (unpaired) electrons. The summed E-state index contributed by atoms with van der Waals surface area (Å²) in [4.78, 5) is 25.0. The summed E-state index contributed by atoms with van der Waals surface area (Å²) in [6.45, 7) is 1.80. The Bertz CT molecular complexity index is 706. The van der Waals surface area contributed by atoms with E-state index in [2.05, 4.69) is 20.9 Å². The van der Waals surface area contributed by atoms with Gasteiger partial charge in [0, 0.05) is 11.8 Å². The summed E-state index contributed by atoms with van der Waals surface area (Å²) < 4.78 is 15.0. The molecule has 94 valence electrons. The Kier molecular flexibility index (Phi) is 3.47. The van der Waals surface area contributed by atoms with Crippen LogP contribution in [0.5, 0.6) is 0 Å². The quantitative estimate of drug-likeness (QED) is 0.919. The minimum Gasteiger partial charge on any atom is -0.296 e. The van der Waals surface area contributed by atoms with E-state index < -0.39 is 11.2 Å². The van der Waals surface area contributed by atoms with Crippen molar-refractivity contribution in [2.75, 3.05) is 0 Å². The zero-order chi connectivity index (χ0) is 13.3. The minimum atomic E-state index is -0.512. The molecule has 0 aliphatic rings. The third-order valence-corrected chi connectivity index (χ3v) is 3.45. The molecule has 0 bridgehead atoms. The molecule has 0 atom stereocenters. The number of rotatable bonds is 2. The molecule has 2 rings (SSSR count). The number of aryl methyl sites for hydroxylation is 1. The van der Waals surface area contributed by atoms with Gasteiger partial charge in [0.2, 0.25) is 0 Å². The second-order valence-corrected chi connectivity index (χ2v) is 4.71. The highest BCUT2D eigenvalue weighted by atomic mass is 79.9. The molecule has 2 aromatic rings. The van der Waals surface area contributed by atoms with Gasteiger partial charge in [-0.1, -0.05) is 12.1 Å². The van der Waals surface area contributed by atoms with Crippen molar-refractivity contribution in [2.45, 2.75) is 13.5 Å². The van der Waals surface area contributed by atoms with E-state index in [4.69, 9.17) is 0 Å². The SMILES string of the molecule is Cc1cn(Cc2cccc(F)c2Br)c(=O)[nH]c1=O. The molecule has 18 heavy (non-hydrogen) atoms. The van der Waals surface area contributed by atoms with Gasteiger partial charge in [0.15, 0.2) is 0 Å². The van der Waals surface area contributed by atoms with E-state index >= 15 is 0 Å². The van der Waals surface area contributed by atoms with Gasteiger partial charge in [-0.05, 0) is 34.5 Å². The van der Waals surface area contributed by atoms with Crippen LogP contribution in [0.3, 0.4) is 0 Å². The number of hydrogen-bond donors (Lipinski definition) is 1. The van der Waals surface area contributed by atoms with Gasteiger partial charge in [0.1, 0.15) is 5.82 Å². The Labute approximate surface area is 110 Å². The van der Waals surface area contributed by atoms with Crippen molar-refractivity contribution in [3.63, 3.8) is 0 Å². The van der Waals surface area contributed by atoms with Gasteiger partial charge in [-0.2, -0.15) is 0 Å². The molecule has 0 spiro atoms. The molecule has 1 heterocycles. The number of hydrogen-bond acceptors (Lipinski definition) is 2. The van der Waals surface area contributed by atoms with Crippen LogP contribution >= 0.6 is 15.9 Å². The predicted octanol–water partition coefficient (Wildman–Crippen LogP) is 1.79. The summed E-state index contributed by atoms with van der Waals surface area (Å²) in [6.07, 6.45) is 1.46. The number of aromatic nitrogens is 2. The van der Waals surface area contributed by atoms with Crippen molar-refractivity contribution in [3.05, 3.63) is 66.7 Å². The molecular formula is C12H10BrFN2O2. The molecule has 0 saturated heterocycles. The number of aromatic amines is 1. The van der Waals surface area contributed by atoms with E-state index in [0.29, 0.717) is 15.6 Å². The second-order valence-electron chi connectivity index (χ2n) is 3.91. The first kappa shape index (κ1) is 12.8. The van der Waals surface area contributed by atoms with Crippen LogP contribution in [0.15, 0.2) is 38.5 Å². The molecule has 4 nitrogen and oxygen atoms in total. The van der Waals surface area contributed by atoms with Gasteiger partial charge in [0.05, 0.1) is 11.0 Å². The smallest absolute Gasteiger partial charge is 0.296 e. The molecule has 0 fully saturated rings. The molecule has 0 aliphatic carbocycles. The topological polar surface area (TPSA) is 54.9 Å². The first-order valence-electron chi connectivity index (χ1n) is 5.22. The van der Waals surface area contributed by atoms with Crippen molar-refractivity contribution in [1.82, 2.24) is 9.55 Å². The lowest BCUT2D eigenvalue weighted by molar-refractivity contribution is 0.613. The fraction of sp³-hybridized carbons (Fsp3) is 0.167. The average Bonchev–Trinajstić information content (AvgIpc) is 2.32. The summed E-state index contributed by atoms with van der Waals surface area (Å²) in [6, 6.07) is 4.60. The van der Waals surface area contributed by atoms with Crippen LogP contribution in [0, 0.1) is 12.7 Å². The highest BCUT2D eigenvalue weighted by molar-refractivity contribution is 9.10. The van der Waals surface area contributed by atoms with E-state index in [1.54, 1.807) is 19.1 Å². The Morgan fingerprint density at radius 3 is 2.83 bits per heavy atom. The molecule has 0 saturated carbocycles. The number of nitrogens with zero attached hydrogens (tertiary/aromatic N) is 1. The first-order valence-corrected chi connectivity index (χ1v) is 6.01. The van der Waals surface area contributed by atoms with E-state index in [9.17, 15) is 14.0 Å². The van der Waals surface area contributed by atoms with Crippen LogP contribution in [0.4, 0.5) is 4.39 Å². The fourth-order valence-electron chi connectivity index (χ4n) is 1.59. The van der Waals surface area contributed by atoms with Crippen molar-refractivity contribution in [3.8, 4) is 0 Å². The molecule has 1 N–H and O–H groups in total. The predicted molar refractivity (Wildman–Crippen MR) is 69.3 cm³/mol. The molecule has 1 aromatic heterocycles. The maximum Gasteiger partial charge on any atom is 0.328 e. The van der Waals surface area contributed by atoms with Crippen LogP contribution in [0.25, 0.3) is 0 Å². The maximum absolute atomic E-state index is 13.3. The Balaban J connectivity index is 2.47. The summed E-state index contributed by atoms with van der Waals surface area (Å²) >= 11 is 3.13. The van der Waals surface area contributed by atoms with E-state index in [1.807, 2.05) is 0 Å². The third kappa shape index (κ3) is 2.43. The molecule has 1 aromatic carbocycles. The van der Waals surface area contributed by atoms with Crippen LogP contribution in [-0.4, -0.2) is 9.55 Å². The van der Waals surface area contributed by atoms with Crippen molar-refractivity contribution >= 4 is 15.9 Å². The van der Waals surface area contributed by atoms with E-state index in [0.717, 1.165) is 0 Å². The van der Waals surface area contributed by atoms with Crippen LogP contribution < -0.4 is 11.2 Å². The summed E-state index contributed by atoms with van der Waals surface area (Å²) in [5.41, 5.74) is 0.141. The molecule has 0 amide bonds. The second kappa shape index (κ2) is 4.89. The molecule has 0 unspecified atom stereocenters. The zero-order valence-electron chi connectivity index (χ0n) is 9.54. The van der Waals surface area contributed by atoms with Crippen LogP contribution in [0.1, 0.15) is 11.1 Å². The van der Waals surface area contributed by atoms with Crippen molar-refractivity contribution in [1.29, 1.82) is 0 Å². The van der Waals surface area contributed by atoms with Crippen molar-refractivity contribution in [2.24, 2.45) is 0 Å². The number of nitrogens with one attached hydrogen (secondary N) is 1. The largest absolute Gasteiger partial charge is 0.328 e. The number of H-pyrrole nitrogens is 1. The molecule has 0 aliphatic heterocycles. The summed E-state index contributed by atoms with van der Waals surface area (Å²) in [5.74, 6) is -0.387. The summed E-state index contributed by atoms with van der Waals surface area (Å²) in [5, 5.41) is 0. The van der Waals surface area contributed by atoms with Gasteiger partial charge in [0.25, 0.3) is 5.56 Å². The lowest BCUT2D eigenvalue weighted by Crippen LogP contribution is -2.31. The van der Waals surface area contributed by atoms with Gasteiger partial charge in [-0.25, -0.2) is 9.18 Å². The lowest BCUT2D eigenvalue weighted by Gasteiger charge is -2.08. The van der Waals surface area contributed by atoms with Gasteiger partial charge >= 0.3 is 5.69 Å². The van der Waals surface area contributed by atoms with E-state index in [1.165, 1.54) is 16.8 Å². The normalized spacial score (nSPS) is 10.6.